The van der Waals surface area contributed by atoms with Gasteiger partial charge in [0.15, 0.2) is 0 Å². The lowest BCUT2D eigenvalue weighted by Crippen LogP contribution is -2.28. The Morgan fingerprint density at radius 2 is 2.00 bits per heavy atom. The molecular weight excluding hydrogens is 336 g/mol. The molecule has 1 aliphatic heterocycles. The van der Waals surface area contributed by atoms with Crippen LogP contribution in [0, 0.1) is 17.8 Å². The van der Waals surface area contributed by atoms with Gasteiger partial charge in [0.1, 0.15) is 6.10 Å². The van der Waals surface area contributed by atoms with Gasteiger partial charge in [-0.2, -0.15) is 0 Å². The molecule has 0 aromatic heterocycles. The number of esters is 1. The average molecular weight is 379 g/mol. The molecule has 0 saturated carbocycles. The smallest absolute Gasteiger partial charge is 0.305 e. The first-order valence-electron chi connectivity index (χ1n) is 10.9. The molecule has 0 spiro atoms. The standard InChI is InChI=1S/C24H42O3/c1-7-24(25)27-23(11-9-8-10-19(4)16-18(2)3)21(6)13-15-22-14-12-20(5)17-26-22/h8-10,18,20-23H,7,11-17H2,1-6H3/b9-8+,19-10+. The Labute approximate surface area is 167 Å². The largest absolute Gasteiger partial charge is 0.462 e. The van der Waals surface area contributed by atoms with Crippen molar-refractivity contribution in [2.45, 2.75) is 98.7 Å². The summed E-state index contributed by atoms with van der Waals surface area (Å²) in [6.45, 7) is 13.8. The number of ether oxygens (including phenoxy) is 2. The van der Waals surface area contributed by atoms with Crippen LogP contribution in [-0.2, 0) is 14.3 Å². The highest BCUT2D eigenvalue weighted by Gasteiger charge is 2.23. The van der Waals surface area contributed by atoms with Crippen molar-refractivity contribution in [1.29, 1.82) is 0 Å². The third-order valence-corrected chi connectivity index (χ3v) is 5.36. The Morgan fingerprint density at radius 1 is 1.26 bits per heavy atom. The molecule has 1 heterocycles. The second-order valence-electron chi connectivity index (χ2n) is 8.85. The maximum atomic E-state index is 11.8. The number of hydrogen-bond acceptors (Lipinski definition) is 3. The highest BCUT2D eigenvalue weighted by Crippen LogP contribution is 2.25. The van der Waals surface area contributed by atoms with Gasteiger partial charge in [0, 0.05) is 19.4 Å². The van der Waals surface area contributed by atoms with Gasteiger partial charge in [0.05, 0.1) is 6.10 Å². The van der Waals surface area contributed by atoms with Crippen molar-refractivity contribution in [3.05, 3.63) is 23.8 Å². The van der Waals surface area contributed by atoms with Gasteiger partial charge in [0.2, 0.25) is 0 Å². The minimum Gasteiger partial charge on any atom is -0.462 e. The Morgan fingerprint density at radius 3 is 2.59 bits per heavy atom. The number of carbonyl (C=O) groups is 1. The van der Waals surface area contributed by atoms with E-state index in [1.54, 1.807) is 0 Å². The van der Waals surface area contributed by atoms with Crippen molar-refractivity contribution in [2.75, 3.05) is 6.61 Å². The highest BCUT2D eigenvalue weighted by atomic mass is 16.5. The molecule has 0 aliphatic carbocycles. The zero-order valence-electron chi connectivity index (χ0n) is 18.5. The van der Waals surface area contributed by atoms with E-state index in [1.807, 2.05) is 6.92 Å². The van der Waals surface area contributed by atoms with Crippen LogP contribution in [0.25, 0.3) is 0 Å². The average Bonchev–Trinajstić information content (AvgIpc) is 2.62. The third kappa shape index (κ3) is 10.7. The van der Waals surface area contributed by atoms with Crippen LogP contribution in [0.15, 0.2) is 23.8 Å². The molecule has 0 N–H and O–H groups in total. The van der Waals surface area contributed by atoms with E-state index in [2.05, 4.69) is 52.8 Å². The molecule has 0 radical (unpaired) electrons. The first-order chi connectivity index (χ1) is 12.8. The van der Waals surface area contributed by atoms with E-state index >= 15 is 0 Å². The maximum absolute atomic E-state index is 11.8. The van der Waals surface area contributed by atoms with E-state index in [9.17, 15) is 4.79 Å². The quantitative estimate of drug-likeness (QED) is 0.305. The molecule has 27 heavy (non-hydrogen) atoms. The number of rotatable bonds is 11. The van der Waals surface area contributed by atoms with E-state index < -0.39 is 0 Å². The van der Waals surface area contributed by atoms with Crippen LogP contribution in [0.5, 0.6) is 0 Å². The summed E-state index contributed by atoms with van der Waals surface area (Å²) in [4.78, 5) is 11.8. The van der Waals surface area contributed by atoms with Gasteiger partial charge in [-0.3, -0.25) is 4.79 Å². The SMILES string of the molecule is CCC(=O)OC(C/C=C/C=C(\C)CC(C)C)C(C)CCC1CCC(C)CO1. The van der Waals surface area contributed by atoms with E-state index in [1.165, 1.54) is 12.0 Å². The number of allylic oxidation sites excluding steroid dienone is 3. The van der Waals surface area contributed by atoms with E-state index in [0.29, 0.717) is 30.3 Å². The first kappa shape index (κ1) is 23.9. The summed E-state index contributed by atoms with van der Waals surface area (Å²) in [5.74, 6) is 1.61. The first-order valence-corrected chi connectivity index (χ1v) is 10.9. The molecule has 1 saturated heterocycles. The minimum absolute atomic E-state index is 0.0463. The molecule has 0 aromatic carbocycles. The zero-order chi connectivity index (χ0) is 20.2. The predicted molar refractivity (Wildman–Crippen MR) is 114 cm³/mol. The Hall–Kier alpha value is -1.09. The second-order valence-corrected chi connectivity index (χ2v) is 8.85. The molecule has 4 unspecified atom stereocenters. The molecule has 0 bridgehead atoms. The molecule has 1 aliphatic rings. The summed E-state index contributed by atoms with van der Waals surface area (Å²) >= 11 is 0. The van der Waals surface area contributed by atoms with Gasteiger partial charge in [-0.05, 0) is 56.8 Å². The lowest BCUT2D eigenvalue weighted by Gasteiger charge is -2.29. The summed E-state index contributed by atoms with van der Waals surface area (Å²) in [7, 11) is 0. The van der Waals surface area contributed by atoms with Gasteiger partial charge in [-0.1, -0.05) is 58.4 Å². The van der Waals surface area contributed by atoms with Crippen LogP contribution in [0.4, 0.5) is 0 Å². The van der Waals surface area contributed by atoms with Crippen LogP contribution in [-0.4, -0.2) is 24.8 Å². The number of carbonyl (C=O) groups excluding carboxylic acids is 1. The highest BCUT2D eigenvalue weighted by molar-refractivity contribution is 5.69. The summed E-state index contributed by atoms with van der Waals surface area (Å²) < 4.78 is 11.7. The van der Waals surface area contributed by atoms with E-state index in [-0.39, 0.29) is 12.1 Å². The van der Waals surface area contributed by atoms with Gasteiger partial charge in [-0.25, -0.2) is 0 Å². The fraction of sp³-hybridized carbons (Fsp3) is 0.792. The molecule has 4 atom stereocenters. The predicted octanol–water partition coefficient (Wildman–Crippen LogP) is 6.48. The molecule has 1 fully saturated rings. The van der Waals surface area contributed by atoms with Gasteiger partial charge < -0.3 is 9.47 Å². The van der Waals surface area contributed by atoms with Crippen molar-refractivity contribution in [3.63, 3.8) is 0 Å². The summed E-state index contributed by atoms with van der Waals surface area (Å²) in [5.41, 5.74) is 1.39. The summed E-state index contributed by atoms with van der Waals surface area (Å²) in [5, 5.41) is 0. The van der Waals surface area contributed by atoms with E-state index in [4.69, 9.17) is 9.47 Å². The lowest BCUT2D eigenvalue weighted by molar-refractivity contribution is -0.151. The minimum atomic E-state index is -0.102. The lowest BCUT2D eigenvalue weighted by atomic mass is 9.91. The number of hydrogen-bond donors (Lipinski definition) is 0. The Balaban J connectivity index is 2.52. The van der Waals surface area contributed by atoms with Gasteiger partial charge >= 0.3 is 5.97 Å². The topological polar surface area (TPSA) is 35.5 Å². The van der Waals surface area contributed by atoms with Crippen LogP contribution in [0.2, 0.25) is 0 Å². The van der Waals surface area contributed by atoms with Crippen LogP contribution in [0.1, 0.15) is 86.5 Å². The summed E-state index contributed by atoms with van der Waals surface area (Å²) in [6, 6.07) is 0. The molecule has 3 nitrogen and oxygen atoms in total. The van der Waals surface area contributed by atoms with Crippen LogP contribution < -0.4 is 0 Å². The monoisotopic (exact) mass is 378 g/mol. The van der Waals surface area contributed by atoms with Crippen LogP contribution in [0.3, 0.4) is 0 Å². The fourth-order valence-electron chi connectivity index (χ4n) is 3.61. The summed E-state index contributed by atoms with van der Waals surface area (Å²) in [6.07, 6.45) is 13.6. The Bertz CT molecular complexity index is 470. The molecule has 0 amide bonds. The molecule has 0 aromatic rings. The maximum Gasteiger partial charge on any atom is 0.305 e. The molecule has 156 valence electrons. The van der Waals surface area contributed by atoms with Crippen LogP contribution >= 0.6 is 0 Å². The van der Waals surface area contributed by atoms with Crippen molar-refractivity contribution < 1.29 is 14.3 Å². The van der Waals surface area contributed by atoms with Crippen molar-refractivity contribution in [3.8, 4) is 0 Å². The van der Waals surface area contributed by atoms with Crippen molar-refractivity contribution >= 4 is 5.97 Å². The van der Waals surface area contributed by atoms with Crippen molar-refractivity contribution in [2.24, 2.45) is 17.8 Å². The fourth-order valence-corrected chi connectivity index (χ4v) is 3.61. The Kier molecular flexibility index (Phi) is 11.7. The zero-order valence-corrected chi connectivity index (χ0v) is 18.5. The molecular formula is C24H42O3. The van der Waals surface area contributed by atoms with Gasteiger partial charge in [0.25, 0.3) is 0 Å². The third-order valence-electron chi connectivity index (χ3n) is 5.36. The van der Waals surface area contributed by atoms with E-state index in [0.717, 1.165) is 38.7 Å². The molecule has 1 rings (SSSR count). The normalized spacial score (nSPS) is 23.6. The molecule has 3 heteroatoms. The van der Waals surface area contributed by atoms with Gasteiger partial charge in [-0.15, -0.1) is 0 Å². The second kappa shape index (κ2) is 13.1. The van der Waals surface area contributed by atoms with Crippen molar-refractivity contribution in [1.82, 2.24) is 0 Å².